The van der Waals surface area contributed by atoms with E-state index in [0.717, 1.165) is 0 Å². The molecule has 2 aliphatic heterocycles. The number of rotatable bonds is 2. The van der Waals surface area contributed by atoms with Crippen LogP contribution in [-0.2, 0) is 9.59 Å². The van der Waals surface area contributed by atoms with Gasteiger partial charge < -0.3 is 9.47 Å². The highest BCUT2D eigenvalue weighted by Gasteiger charge is 2.35. The van der Waals surface area contributed by atoms with Crippen LogP contribution in [0.1, 0.15) is 5.56 Å². The Morgan fingerprint density at radius 3 is 2.67 bits per heavy atom. The van der Waals surface area contributed by atoms with Crippen molar-refractivity contribution < 1.29 is 19.1 Å². The first-order chi connectivity index (χ1) is 11.6. The molecule has 6 nitrogen and oxygen atoms in total. The van der Waals surface area contributed by atoms with Gasteiger partial charge in [0.05, 0.1) is 10.7 Å². The molecule has 1 N–H and O–H groups in total. The standard InChI is InChI=1S/C17H11ClN2O4/c18-13-6-7-14-15(24-9-23-14)11(13)8-12-16(21)19-20(17(12)22)10-4-2-1-3-5-10/h1-8H,9H2,(H,19,21)/b12-8-. The molecule has 0 aromatic heterocycles. The van der Waals surface area contributed by atoms with E-state index in [2.05, 4.69) is 5.43 Å². The maximum atomic E-state index is 12.6. The van der Waals surface area contributed by atoms with Crippen LogP contribution in [0.5, 0.6) is 11.5 Å². The summed E-state index contributed by atoms with van der Waals surface area (Å²) in [5, 5.41) is 1.56. The van der Waals surface area contributed by atoms with Gasteiger partial charge >= 0.3 is 0 Å². The molecule has 0 saturated carbocycles. The lowest BCUT2D eigenvalue weighted by Gasteiger charge is -2.13. The molecule has 1 saturated heterocycles. The number of anilines is 1. The summed E-state index contributed by atoms with van der Waals surface area (Å²) in [5.41, 5.74) is 3.53. The SMILES string of the molecule is O=C1NN(c2ccccc2)C(=O)/C1=C\c1c(Cl)ccc2c1OCO2. The Morgan fingerprint density at radius 2 is 1.88 bits per heavy atom. The fourth-order valence-electron chi connectivity index (χ4n) is 2.57. The van der Waals surface area contributed by atoms with Gasteiger partial charge in [0.1, 0.15) is 5.57 Å². The number of nitrogens with zero attached hydrogens (tertiary/aromatic N) is 1. The summed E-state index contributed by atoms with van der Waals surface area (Å²) in [5.74, 6) is -0.0130. The number of halogens is 1. The molecule has 24 heavy (non-hydrogen) atoms. The monoisotopic (exact) mass is 342 g/mol. The summed E-state index contributed by atoms with van der Waals surface area (Å²) >= 11 is 6.20. The summed E-state index contributed by atoms with van der Waals surface area (Å²) in [6, 6.07) is 12.2. The molecular formula is C17H11ClN2O4. The van der Waals surface area contributed by atoms with Gasteiger partial charge in [-0.3, -0.25) is 15.0 Å². The number of carbonyl (C=O) groups is 2. The predicted molar refractivity (Wildman–Crippen MR) is 87.6 cm³/mol. The number of fused-ring (bicyclic) bond motifs is 1. The van der Waals surface area contributed by atoms with Crippen LogP contribution in [0.2, 0.25) is 5.02 Å². The quantitative estimate of drug-likeness (QED) is 0.672. The van der Waals surface area contributed by atoms with Gasteiger partial charge in [-0.15, -0.1) is 0 Å². The molecule has 120 valence electrons. The van der Waals surface area contributed by atoms with Crippen LogP contribution in [0, 0.1) is 0 Å². The molecule has 7 heteroatoms. The highest BCUT2D eigenvalue weighted by Crippen LogP contribution is 2.41. The molecule has 4 rings (SSSR count). The fraction of sp³-hybridized carbons (Fsp3) is 0.0588. The molecule has 0 unspecified atom stereocenters. The third-order valence-corrected chi connectivity index (χ3v) is 4.05. The molecule has 2 heterocycles. The lowest BCUT2D eigenvalue weighted by atomic mass is 10.1. The highest BCUT2D eigenvalue weighted by molar-refractivity contribution is 6.35. The molecule has 2 aliphatic rings. The average molecular weight is 343 g/mol. The molecule has 0 atom stereocenters. The number of amides is 2. The fourth-order valence-corrected chi connectivity index (χ4v) is 2.77. The van der Waals surface area contributed by atoms with Crippen molar-refractivity contribution >= 4 is 35.2 Å². The van der Waals surface area contributed by atoms with Gasteiger partial charge in [-0.1, -0.05) is 29.8 Å². The van der Waals surface area contributed by atoms with Crippen LogP contribution in [0.15, 0.2) is 48.0 Å². The summed E-state index contributed by atoms with van der Waals surface area (Å²) in [6.07, 6.45) is 1.43. The van der Waals surface area contributed by atoms with Crippen LogP contribution < -0.4 is 19.9 Å². The Hall–Kier alpha value is -2.99. The summed E-state index contributed by atoms with van der Waals surface area (Å²) in [6.45, 7) is 0.0716. The van der Waals surface area contributed by atoms with Crippen molar-refractivity contribution in [3.63, 3.8) is 0 Å². The van der Waals surface area contributed by atoms with Crippen LogP contribution in [0.4, 0.5) is 5.69 Å². The van der Waals surface area contributed by atoms with E-state index >= 15 is 0 Å². The van der Waals surface area contributed by atoms with Gasteiger partial charge in [0.2, 0.25) is 6.79 Å². The molecule has 0 radical (unpaired) electrons. The number of para-hydroxylation sites is 1. The molecule has 0 spiro atoms. The molecule has 2 amide bonds. The van der Waals surface area contributed by atoms with Crippen molar-refractivity contribution in [1.29, 1.82) is 0 Å². The van der Waals surface area contributed by atoms with Crippen molar-refractivity contribution in [2.75, 3.05) is 11.8 Å². The van der Waals surface area contributed by atoms with Gasteiger partial charge in [0, 0.05) is 5.56 Å². The van der Waals surface area contributed by atoms with E-state index in [1.54, 1.807) is 36.4 Å². The minimum Gasteiger partial charge on any atom is -0.454 e. The van der Waals surface area contributed by atoms with Crippen molar-refractivity contribution in [2.45, 2.75) is 0 Å². The Labute approximate surface area is 142 Å². The first kappa shape index (κ1) is 14.6. The van der Waals surface area contributed by atoms with E-state index in [9.17, 15) is 9.59 Å². The van der Waals surface area contributed by atoms with E-state index in [1.165, 1.54) is 11.1 Å². The van der Waals surface area contributed by atoms with Gasteiger partial charge in [-0.05, 0) is 30.3 Å². The van der Waals surface area contributed by atoms with E-state index in [0.29, 0.717) is 27.8 Å². The second-order valence-electron chi connectivity index (χ2n) is 5.17. The van der Waals surface area contributed by atoms with E-state index in [4.69, 9.17) is 21.1 Å². The third-order valence-electron chi connectivity index (χ3n) is 3.72. The van der Waals surface area contributed by atoms with Crippen molar-refractivity contribution in [3.05, 3.63) is 58.6 Å². The number of ether oxygens (including phenoxy) is 2. The van der Waals surface area contributed by atoms with E-state index in [1.807, 2.05) is 6.07 Å². The lowest BCUT2D eigenvalue weighted by Crippen LogP contribution is -2.35. The van der Waals surface area contributed by atoms with Crippen LogP contribution in [0.3, 0.4) is 0 Å². The topological polar surface area (TPSA) is 67.9 Å². The largest absolute Gasteiger partial charge is 0.454 e. The van der Waals surface area contributed by atoms with Crippen LogP contribution in [-0.4, -0.2) is 18.6 Å². The van der Waals surface area contributed by atoms with Crippen LogP contribution in [0.25, 0.3) is 6.08 Å². The molecule has 0 aliphatic carbocycles. The highest BCUT2D eigenvalue weighted by atomic mass is 35.5. The molecule has 0 bridgehead atoms. The van der Waals surface area contributed by atoms with Gasteiger partial charge in [-0.25, -0.2) is 5.01 Å². The molecule has 2 aromatic carbocycles. The first-order valence-electron chi connectivity index (χ1n) is 7.15. The number of hydrogen-bond donors (Lipinski definition) is 1. The summed E-state index contributed by atoms with van der Waals surface area (Å²) in [4.78, 5) is 24.8. The maximum Gasteiger partial charge on any atom is 0.282 e. The Morgan fingerprint density at radius 1 is 1.08 bits per heavy atom. The number of benzene rings is 2. The average Bonchev–Trinajstić information content (AvgIpc) is 3.17. The number of carbonyl (C=O) groups excluding carboxylic acids is 2. The molecule has 1 fully saturated rings. The zero-order chi connectivity index (χ0) is 16.7. The summed E-state index contributed by atoms with van der Waals surface area (Å²) < 4.78 is 10.7. The zero-order valence-corrected chi connectivity index (χ0v) is 13.0. The first-order valence-corrected chi connectivity index (χ1v) is 7.53. The normalized spacial score (nSPS) is 17.5. The Bertz CT molecular complexity index is 880. The predicted octanol–water partition coefficient (Wildman–Crippen LogP) is 2.53. The minimum absolute atomic E-state index is 0.0235. The Kier molecular flexibility index (Phi) is 3.39. The van der Waals surface area contributed by atoms with E-state index < -0.39 is 11.8 Å². The second kappa shape index (κ2) is 5.58. The van der Waals surface area contributed by atoms with Crippen LogP contribution >= 0.6 is 11.6 Å². The number of nitrogens with one attached hydrogen (secondary N) is 1. The van der Waals surface area contributed by atoms with Gasteiger partial charge in [0.25, 0.3) is 11.8 Å². The van der Waals surface area contributed by atoms with E-state index in [-0.39, 0.29) is 12.4 Å². The number of hydrazine groups is 1. The molecular weight excluding hydrogens is 332 g/mol. The van der Waals surface area contributed by atoms with Crippen molar-refractivity contribution in [3.8, 4) is 11.5 Å². The summed E-state index contributed by atoms with van der Waals surface area (Å²) in [7, 11) is 0. The minimum atomic E-state index is -0.503. The van der Waals surface area contributed by atoms with Gasteiger partial charge in [-0.2, -0.15) is 0 Å². The third kappa shape index (κ3) is 2.28. The zero-order valence-electron chi connectivity index (χ0n) is 12.3. The van der Waals surface area contributed by atoms with Crippen molar-refractivity contribution in [2.24, 2.45) is 0 Å². The smallest absolute Gasteiger partial charge is 0.282 e. The lowest BCUT2D eigenvalue weighted by molar-refractivity contribution is -0.117. The van der Waals surface area contributed by atoms with Crippen molar-refractivity contribution in [1.82, 2.24) is 5.43 Å². The maximum absolute atomic E-state index is 12.6. The Balaban J connectivity index is 1.75. The number of hydrogen-bond acceptors (Lipinski definition) is 4. The van der Waals surface area contributed by atoms with Gasteiger partial charge in [0.15, 0.2) is 11.5 Å². The second-order valence-corrected chi connectivity index (χ2v) is 5.58. The molecule has 2 aromatic rings.